The zero-order valence-corrected chi connectivity index (χ0v) is 21.2. The van der Waals surface area contributed by atoms with Crippen LogP contribution in [0.3, 0.4) is 0 Å². The highest BCUT2D eigenvalue weighted by Gasteiger charge is 2.44. The molecule has 3 amide bonds. The molecule has 1 aliphatic rings. The Hall–Kier alpha value is -3.58. The Morgan fingerprint density at radius 2 is 1.89 bits per heavy atom. The third-order valence-electron chi connectivity index (χ3n) is 5.24. The predicted molar refractivity (Wildman–Crippen MR) is 131 cm³/mol. The van der Waals surface area contributed by atoms with Gasteiger partial charge in [-0.2, -0.15) is 0 Å². The lowest BCUT2D eigenvalue weighted by atomic mass is 9.97. The summed E-state index contributed by atoms with van der Waals surface area (Å²) in [7, 11) is 0. The van der Waals surface area contributed by atoms with Gasteiger partial charge < -0.3 is 30.1 Å². The van der Waals surface area contributed by atoms with Gasteiger partial charge >= 0.3 is 12.1 Å². The standard InChI is InChI=1S/C26H35N3O7/c1-6-17-10-8-9-11-19(17)22(23(32)27-15-14-21(31)35-7-2)29(18-12-13-18)24(33)20(16-30)28-25(34)36-26(3,4)5/h1,8-11,18,20,22,30H,7,12-16H2,2-5H3,(H,27,32)(H,28,34). The highest BCUT2D eigenvalue weighted by molar-refractivity contribution is 5.93. The number of amides is 3. The van der Waals surface area contributed by atoms with Crippen LogP contribution in [-0.2, 0) is 23.9 Å². The van der Waals surface area contributed by atoms with E-state index in [4.69, 9.17) is 15.9 Å². The number of carbonyl (C=O) groups is 4. The van der Waals surface area contributed by atoms with Crippen molar-refractivity contribution >= 4 is 23.9 Å². The molecule has 10 heteroatoms. The van der Waals surface area contributed by atoms with E-state index in [-0.39, 0.29) is 25.6 Å². The lowest BCUT2D eigenvalue weighted by Crippen LogP contribution is -2.55. The molecule has 0 heterocycles. The molecular formula is C26H35N3O7. The zero-order valence-electron chi connectivity index (χ0n) is 21.2. The van der Waals surface area contributed by atoms with Gasteiger partial charge in [0, 0.05) is 18.2 Å². The van der Waals surface area contributed by atoms with Gasteiger partial charge in [-0.1, -0.05) is 24.1 Å². The molecule has 10 nitrogen and oxygen atoms in total. The fourth-order valence-corrected chi connectivity index (χ4v) is 3.59. The number of terminal acetylenes is 1. The van der Waals surface area contributed by atoms with E-state index in [0.29, 0.717) is 24.0 Å². The Bertz CT molecular complexity index is 992. The van der Waals surface area contributed by atoms with E-state index in [1.807, 2.05) is 0 Å². The molecular weight excluding hydrogens is 466 g/mol. The number of rotatable bonds is 11. The van der Waals surface area contributed by atoms with Crippen LogP contribution < -0.4 is 10.6 Å². The van der Waals surface area contributed by atoms with Gasteiger partial charge in [-0.05, 0) is 52.2 Å². The second-order valence-electron chi connectivity index (χ2n) is 9.34. The number of esters is 1. The van der Waals surface area contributed by atoms with Crippen LogP contribution in [0.2, 0.25) is 0 Å². The maximum atomic E-state index is 13.6. The van der Waals surface area contributed by atoms with E-state index in [2.05, 4.69) is 16.6 Å². The summed E-state index contributed by atoms with van der Waals surface area (Å²) in [5, 5.41) is 15.0. The molecule has 1 fully saturated rings. The summed E-state index contributed by atoms with van der Waals surface area (Å²) >= 11 is 0. The summed E-state index contributed by atoms with van der Waals surface area (Å²) in [6.45, 7) is 6.23. The SMILES string of the molecule is C#Cc1ccccc1C(C(=O)NCCC(=O)OCC)N(C(=O)C(CO)NC(=O)OC(C)(C)C)C1CC1. The van der Waals surface area contributed by atoms with Crippen molar-refractivity contribution in [2.75, 3.05) is 19.8 Å². The largest absolute Gasteiger partial charge is 0.466 e. The number of ether oxygens (including phenoxy) is 2. The number of aliphatic hydroxyl groups excluding tert-OH is 1. The molecule has 0 radical (unpaired) electrons. The predicted octanol–water partition coefficient (Wildman–Crippen LogP) is 1.65. The molecule has 0 saturated heterocycles. The molecule has 0 bridgehead atoms. The zero-order chi connectivity index (χ0) is 26.9. The maximum absolute atomic E-state index is 13.6. The molecule has 36 heavy (non-hydrogen) atoms. The molecule has 1 aliphatic carbocycles. The second kappa shape index (κ2) is 12.9. The normalized spacial score (nSPS) is 14.6. The van der Waals surface area contributed by atoms with Crippen LogP contribution in [0.1, 0.15) is 64.1 Å². The molecule has 1 aromatic rings. The topological polar surface area (TPSA) is 134 Å². The van der Waals surface area contributed by atoms with Crippen LogP contribution in [0.4, 0.5) is 4.79 Å². The van der Waals surface area contributed by atoms with E-state index in [0.717, 1.165) is 0 Å². The van der Waals surface area contributed by atoms with Crippen molar-refractivity contribution in [3.63, 3.8) is 0 Å². The lowest BCUT2D eigenvalue weighted by molar-refractivity contribution is -0.145. The lowest BCUT2D eigenvalue weighted by Gasteiger charge is -2.34. The van der Waals surface area contributed by atoms with Gasteiger partial charge in [0.05, 0.1) is 19.6 Å². The van der Waals surface area contributed by atoms with Crippen molar-refractivity contribution in [3.8, 4) is 12.3 Å². The van der Waals surface area contributed by atoms with Gasteiger partial charge in [0.15, 0.2) is 0 Å². The van der Waals surface area contributed by atoms with Gasteiger partial charge in [0.2, 0.25) is 11.8 Å². The Kier molecular flexibility index (Phi) is 10.3. The average Bonchev–Trinajstić information content (AvgIpc) is 3.64. The van der Waals surface area contributed by atoms with Crippen molar-refractivity contribution in [2.24, 2.45) is 0 Å². The highest BCUT2D eigenvalue weighted by Crippen LogP contribution is 2.36. The van der Waals surface area contributed by atoms with Crippen LogP contribution in [0.15, 0.2) is 24.3 Å². The number of nitrogens with one attached hydrogen (secondary N) is 2. The number of benzene rings is 1. The summed E-state index contributed by atoms with van der Waals surface area (Å²) in [5.74, 6) is 0.888. The molecule has 1 aromatic carbocycles. The molecule has 2 unspecified atom stereocenters. The summed E-state index contributed by atoms with van der Waals surface area (Å²) in [5.41, 5.74) is 0.0288. The molecule has 2 atom stereocenters. The summed E-state index contributed by atoms with van der Waals surface area (Å²) in [6, 6.07) is 3.96. The Morgan fingerprint density at radius 1 is 1.22 bits per heavy atom. The molecule has 3 N–H and O–H groups in total. The minimum atomic E-state index is -1.34. The van der Waals surface area contributed by atoms with Crippen LogP contribution in [0.25, 0.3) is 0 Å². The van der Waals surface area contributed by atoms with Gasteiger partial charge in [-0.15, -0.1) is 6.42 Å². The van der Waals surface area contributed by atoms with Crippen LogP contribution in [0.5, 0.6) is 0 Å². The van der Waals surface area contributed by atoms with E-state index in [1.165, 1.54) is 4.90 Å². The third-order valence-corrected chi connectivity index (χ3v) is 5.24. The minimum Gasteiger partial charge on any atom is -0.466 e. The molecule has 0 spiro atoms. The first-order valence-corrected chi connectivity index (χ1v) is 11.9. The van der Waals surface area contributed by atoms with E-state index < -0.39 is 48.2 Å². The number of carbonyl (C=O) groups excluding carboxylic acids is 4. The van der Waals surface area contributed by atoms with Gasteiger partial charge in [0.25, 0.3) is 0 Å². The number of hydrogen-bond acceptors (Lipinski definition) is 7. The van der Waals surface area contributed by atoms with Crippen LogP contribution in [-0.4, -0.2) is 71.3 Å². The summed E-state index contributed by atoms with van der Waals surface area (Å²) < 4.78 is 10.1. The highest BCUT2D eigenvalue weighted by atomic mass is 16.6. The second-order valence-corrected chi connectivity index (χ2v) is 9.34. The van der Waals surface area contributed by atoms with Crippen molar-refractivity contribution in [1.82, 2.24) is 15.5 Å². The van der Waals surface area contributed by atoms with Crippen molar-refractivity contribution in [3.05, 3.63) is 35.4 Å². The Balaban J connectivity index is 2.36. The quantitative estimate of drug-likeness (QED) is 0.310. The number of aliphatic hydroxyl groups is 1. The van der Waals surface area contributed by atoms with E-state index in [1.54, 1.807) is 52.0 Å². The molecule has 0 aromatic heterocycles. The van der Waals surface area contributed by atoms with Gasteiger partial charge in [0.1, 0.15) is 17.7 Å². The average molecular weight is 502 g/mol. The minimum absolute atomic E-state index is 0.00132. The summed E-state index contributed by atoms with van der Waals surface area (Å²) in [6.07, 6.45) is 6.05. The Labute approximate surface area is 211 Å². The van der Waals surface area contributed by atoms with Crippen molar-refractivity contribution in [1.29, 1.82) is 0 Å². The molecule has 1 saturated carbocycles. The van der Waals surface area contributed by atoms with Crippen molar-refractivity contribution < 1.29 is 33.8 Å². The first-order chi connectivity index (χ1) is 17.0. The fraction of sp³-hybridized carbons (Fsp3) is 0.538. The third kappa shape index (κ3) is 8.27. The van der Waals surface area contributed by atoms with Gasteiger partial charge in [-0.3, -0.25) is 14.4 Å². The molecule has 196 valence electrons. The van der Waals surface area contributed by atoms with E-state index >= 15 is 0 Å². The molecule has 2 rings (SSSR count). The Morgan fingerprint density at radius 3 is 2.44 bits per heavy atom. The maximum Gasteiger partial charge on any atom is 0.408 e. The van der Waals surface area contributed by atoms with Crippen LogP contribution >= 0.6 is 0 Å². The summed E-state index contributed by atoms with van der Waals surface area (Å²) in [4.78, 5) is 52.5. The molecule has 0 aliphatic heterocycles. The number of alkyl carbamates (subject to hydrolysis) is 1. The first-order valence-electron chi connectivity index (χ1n) is 11.9. The number of hydrogen-bond donors (Lipinski definition) is 3. The monoisotopic (exact) mass is 501 g/mol. The number of nitrogens with zero attached hydrogens (tertiary/aromatic N) is 1. The van der Waals surface area contributed by atoms with Crippen molar-refractivity contribution in [2.45, 2.75) is 70.7 Å². The van der Waals surface area contributed by atoms with E-state index in [9.17, 15) is 24.3 Å². The smallest absolute Gasteiger partial charge is 0.408 e. The first kappa shape index (κ1) is 28.7. The van der Waals surface area contributed by atoms with Gasteiger partial charge in [-0.25, -0.2) is 4.79 Å². The van der Waals surface area contributed by atoms with Crippen LogP contribution in [0, 0.1) is 12.3 Å². The fourth-order valence-electron chi connectivity index (χ4n) is 3.59.